The quantitative estimate of drug-likeness (QED) is 0.704. The number of carboxylic acids is 1. The van der Waals surface area contributed by atoms with Gasteiger partial charge in [0.25, 0.3) is 0 Å². The van der Waals surface area contributed by atoms with E-state index in [1.807, 2.05) is 0 Å². The monoisotopic (exact) mass is 357 g/mol. The fourth-order valence-electron chi connectivity index (χ4n) is 2.49. The van der Waals surface area contributed by atoms with Crippen LogP contribution in [0.3, 0.4) is 0 Å². The van der Waals surface area contributed by atoms with Gasteiger partial charge in [0, 0.05) is 12.5 Å². The molecule has 1 heterocycles. The molecule has 0 radical (unpaired) electrons. The molecule has 0 bridgehead atoms. The van der Waals surface area contributed by atoms with Gasteiger partial charge in [-0.1, -0.05) is 12.1 Å². The van der Waals surface area contributed by atoms with E-state index in [0.717, 1.165) is 5.56 Å². The smallest absolute Gasteiger partial charge is 0.335 e. The minimum absolute atomic E-state index is 0.0819. The minimum atomic E-state index is -0.961. The molecular weight excluding hydrogens is 338 g/mol. The maximum absolute atomic E-state index is 11.9. The molecule has 1 amide bonds. The lowest BCUT2D eigenvalue weighted by Gasteiger charge is -2.08. The van der Waals surface area contributed by atoms with Crippen LogP contribution >= 0.6 is 0 Å². The number of fused-ring (bicyclic) bond motifs is 1. The topological polar surface area (TPSA) is 94.1 Å². The summed E-state index contributed by atoms with van der Waals surface area (Å²) in [6, 6.07) is 11.8. The number of carbonyl (C=O) groups excluding carboxylic acids is 1. The fraction of sp³-hybridized carbons (Fsp3) is 0.263. The fourth-order valence-corrected chi connectivity index (χ4v) is 2.49. The van der Waals surface area contributed by atoms with Crippen molar-refractivity contribution in [3.63, 3.8) is 0 Å². The Bertz CT molecular complexity index is 787. The highest BCUT2D eigenvalue weighted by atomic mass is 16.7. The van der Waals surface area contributed by atoms with Gasteiger partial charge in [0.2, 0.25) is 12.7 Å². The molecule has 0 aromatic heterocycles. The number of ether oxygens (including phenoxy) is 3. The molecule has 7 heteroatoms. The second kappa shape index (κ2) is 8.24. The lowest BCUT2D eigenvalue weighted by molar-refractivity contribution is -0.121. The molecular formula is C19H19NO6. The van der Waals surface area contributed by atoms with E-state index in [9.17, 15) is 9.59 Å². The summed E-state index contributed by atoms with van der Waals surface area (Å²) >= 11 is 0. The van der Waals surface area contributed by atoms with Crippen molar-refractivity contribution in [1.29, 1.82) is 0 Å². The van der Waals surface area contributed by atoms with E-state index in [4.69, 9.17) is 19.3 Å². The molecule has 0 atom stereocenters. The Morgan fingerprint density at radius 2 is 1.85 bits per heavy atom. The van der Waals surface area contributed by atoms with Crippen LogP contribution in [0.25, 0.3) is 0 Å². The summed E-state index contributed by atoms with van der Waals surface area (Å²) in [4.78, 5) is 22.7. The van der Waals surface area contributed by atoms with Crippen molar-refractivity contribution in [3.05, 3.63) is 53.6 Å². The second-order valence-corrected chi connectivity index (χ2v) is 5.72. The van der Waals surface area contributed by atoms with E-state index < -0.39 is 5.97 Å². The molecule has 0 aliphatic carbocycles. The molecule has 0 fully saturated rings. The average molecular weight is 357 g/mol. The Morgan fingerprint density at radius 1 is 1.08 bits per heavy atom. The number of carbonyl (C=O) groups is 2. The summed E-state index contributed by atoms with van der Waals surface area (Å²) < 4.78 is 16.1. The third-order valence-electron chi connectivity index (χ3n) is 3.88. The van der Waals surface area contributed by atoms with Gasteiger partial charge in [-0.2, -0.15) is 0 Å². The normalized spacial score (nSPS) is 11.8. The molecule has 0 saturated heterocycles. The van der Waals surface area contributed by atoms with Crippen molar-refractivity contribution < 1.29 is 28.9 Å². The summed E-state index contributed by atoms with van der Waals surface area (Å²) in [5.41, 5.74) is 1.15. The number of amides is 1. The molecule has 1 aliphatic heterocycles. The van der Waals surface area contributed by atoms with Crippen LogP contribution in [0.15, 0.2) is 42.5 Å². The van der Waals surface area contributed by atoms with Crippen LogP contribution in [0.5, 0.6) is 17.2 Å². The summed E-state index contributed by atoms with van der Waals surface area (Å²) in [5, 5.41) is 11.6. The number of aryl methyl sites for hydroxylation is 1. The predicted molar refractivity (Wildman–Crippen MR) is 92.8 cm³/mol. The third kappa shape index (κ3) is 4.66. The molecule has 2 aromatic rings. The van der Waals surface area contributed by atoms with Crippen LogP contribution < -0.4 is 19.5 Å². The molecule has 26 heavy (non-hydrogen) atoms. The maximum Gasteiger partial charge on any atom is 0.335 e. The first-order valence-electron chi connectivity index (χ1n) is 8.23. The second-order valence-electron chi connectivity index (χ2n) is 5.72. The maximum atomic E-state index is 11.9. The van der Waals surface area contributed by atoms with E-state index >= 15 is 0 Å². The molecule has 0 saturated carbocycles. The molecule has 0 unspecified atom stereocenters. The Morgan fingerprint density at radius 3 is 2.62 bits per heavy atom. The van der Waals surface area contributed by atoms with E-state index in [1.165, 1.54) is 12.1 Å². The van der Waals surface area contributed by atoms with Gasteiger partial charge < -0.3 is 24.6 Å². The van der Waals surface area contributed by atoms with Gasteiger partial charge in [-0.05, 0) is 36.2 Å². The zero-order valence-electron chi connectivity index (χ0n) is 14.1. The first kappa shape index (κ1) is 17.6. The van der Waals surface area contributed by atoms with E-state index in [-0.39, 0.29) is 18.3 Å². The first-order chi connectivity index (χ1) is 12.6. The van der Waals surface area contributed by atoms with Crippen LogP contribution in [-0.4, -0.2) is 36.9 Å². The van der Waals surface area contributed by atoms with E-state index in [1.54, 1.807) is 30.3 Å². The van der Waals surface area contributed by atoms with Gasteiger partial charge >= 0.3 is 5.97 Å². The lowest BCUT2D eigenvalue weighted by atomic mass is 10.1. The number of hydrogen-bond donors (Lipinski definition) is 2. The Labute approximate surface area is 150 Å². The number of nitrogens with one attached hydrogen (secondary N) is 1. The molecule has 0 spiro atoms. The molecule has 7 nitrogen and oxygen atoms in total. The van der Waals surface area contributed by atoms with Gasteiger partial charge in [-0.15, -0.1) is 0 Å². The number of benzene rings is 2. The number of rotatable bonds is 8. The molecule has 1 aliphatic rings. The van der Waals surface area contributed by atoms with Crippen molar-refractivity contribution >= 4 is 11.9 Å². The van der Waals surface area contributed by atoms with Crippen molar-refractivity contribution in [2.45, 2.75) is 12.8 Å². The Hall–Kier alpha value is -3.22. The van der Waals surface area contributed by atoms with Gasteiger partial charge in [-0.3, -0.25) is 4.79 Å². The largest absolute Gasteiger partial charge is 0.492 e. The Balaban J connectivity index is 1.34. The van der Waals surface area contributed by atoms with Gasteiger partial charge in [0.15, 0.2) is 11.5 Å². The van der Waals surface area contributed by atoms with Crippen LogP contribution in [0.1, 0.15) is 22.3 Å². The highest BCUT2D eigenvalue weighted by Gasteiger charge is 2.13. The lowest BCUT2D eigenvalue weighted by Crippen LogP contribution is -2.28. The van der Waals surface area contributed by atoms with E-state index in [0.29, 0.717) is 43.2 Å². The van der Waals surface area contributed by atoms with Gasteiger partial charge in [0.05, 0.1) is 12.1 Å². The van der Waals surface area contributed by atoms with Gasteiger partial charge in [-0.25, -0.2) is 4.79 Å². The molecule has 2 aromatic carbocycles. The van der Waals surface area contributed by atoms with Crippen molar-refractivity contribution in [1.82, 2.24) is 5.32 Å². The summed E-state index contributed by atoms with van der Waals surface area (Å²) in [6.45, 7) is 0.956. The highest BCUT2D eigenvalue weighted by molar-refractivity contribution is 5.87. The standard InChI is InChI=1S/C19H19NO6/c21-18(8-3-13-1-4-14(5-2-13)19(22)23)20-9-10-24-15-6-7-16-17(11-15)26-12-25-16/h1-2,4-7,11H,3,8-10,12H2,(H,20,21)(H,22,23). The van der Waals surface area contributed by atoms with Crippen molar-refractivity contribution in [2.75, 3.05) is 19.9 Å². The Kier molecular flexibility index (Phi) is 5.58. The zero-order chi connectivity index (χ0) is 18.4. The zero-order valence-corrected chi connectivity index (χ0v) is 14.1. The van der Waals surface area contributed by atoms with Crippen LogP contribution in [-0.2, 0) is 11.2 Å². The van der Waals surface area contributed by atoms with Crippen molar-refractivity contribution in [3.8, 4) is 17.2 Å². The SMILES string of the molecule is O=C(CCc1ccc(C(=O)O)cc1)NCCOc1ccc2c(c1)OCO2. The number of aromatic carboxylic acids is 1. The molecule has 136 valence electrons. The molecule has 2 N–H and O–H groups in total. The molecule has 3 rings (SSSR count). The first-order valence-corrected chi connectivity index (χ1v) is 8.23. The van der Waals surface area contributed by atoms with Crippen LogP contribution in [0.4, 0.5) is 0 Å². The van der Waals surface area contributed by atoms with Crippen molar-refractivity contribution in [2.24, 2.45) is 0 Å². The number of carboxylic acid groups (broad SMARTS) is 1. The summed E-state index contributed by atoms with van der Waals surface area (Å²) in [6.07, 6.45) is 0.880. The number of hydrogen-bond acceptors (Lipinski definition) is 5. The third-order valence-corrected chi connectivity index (χ3v) is 3.88. The summed E-state index contributed by atoms with van der Waals surface area (Å²) in [7, 11) is 0. The minimum Gasteiger partial charge on any atom is -0.492 e. The van der Waals surface area contributed by atoms with Crippen LogP contribution in [0, 0.1) is 0 Å². The summed E-state index contributed by atoms with van der Waals surface area (Å²) in [5.74, 6) is 0.961. The van der Waals surface area contributed by atoms with E-state index in [2.05, 4.69) is 5.32 Å². The highest BCUT2D eigenvalue weighted by Crippen LogP contribution is 2.34. The average Bonchev–Trinajstić information content (AvgIpc) is 3.11. The van der Waals surface area contributed by atoms with Gasteiger partial charge in [0.1, 0.15) is 12.4 Å². The predicted octanol–water partition coefficient (Wildman–Crippen LogP) is 2.24. The van der Waals surface area contributed by atoms with Crippen LogP contribution in [0.2, 0.25) is 0 Å².